The molecule has 4 heteroatoms. The van der Waals surface area contributed by atoms with Crippen LogP contribution in [0.4, 0.5) is 5.82 Å². The first-order chi connectivity index (χ1) is 8.52. The first-order valence-electron chi connectivity index (χ1n) is 6.73. The van der Waals surface area contributed by atoms with Crippen LogP contribution in [0.2, 0.25) is 0 Å². The molecule has 2 heterocycles. The van der Waals surface area contributed by atoms with E-state index in [1.54, 1.807) is 0 Å². The molecule has 0 radical (unpaired) electrons. The second-order valence-electron chi connectivity index (χ2n) is 6.01. The Morgan fingerprint density at radius 2 is 2.17 bits per heavy atom. The fraction of sp³-hybridized carbons (Fsp3) is 0.714. The van der Waals surface area contributed by atoms with Crippen molar-refractivity contribution in [3.8, 4) is 0 Å². The Morgan fingerprint density at radius 1 is 1.39 bits per heavy atom. The van der Waals surface area contributed by atoms with E-state index >= 15 is 0 Å². The predicted molar refractivity (Wildman–Crippen MR) is 72.8 cm³/mol. The standard InChI is InChI=1S/C14H23N3O/c1-14(2,3)13-15-8-7-12(16-13)17-9-5-4-6-11(17)10-18/h7-8,11,18H,4-6,9-10H2,1-3H3/t11-/m1/s1. The molecule has 0 spiro atoms. The second-order valence-corrected chi connectivity index (χ2v) is 6.01. The van der Waals surface area contributed by atoms with Gasteiger partial charge < -0.3 is 10.0 Å². The molecule has 100 valence electrons. The van der Waals surface area contributed by atoms with E-state index in [1.807, 2.05) is 12.3 Å². The molecule has 1 saturated heterocycles. The monoisotopic (exact) mass is 249 g/mol. The predicted octanol–water partition coefficient (Wildman–Crippen LogP) is 2.13. The summed E-state index contributed by atoms with van der Waals surface area (Å²) in [6.07, 6.45) is 5.24. The molecule has 0 aliphatic carbocycles. The van der Waals surface area contributed by atoms with Gasteiger partial charge in [0.05, 0.1) is 12.6 Å². The van der Waals surface area contributed by atoms with Gasteiger partial charge in [-0.1, -0.05) is 20.8 Å². The van der Waals surface area contributed by atoms with Gasteiger partial charge >= 0.3 is 0 Å². The highest BCUT2D eigenvalue weighted by molar-refractivity contribution is 5.40. The van der Waals surface area contributed by atoms with Crippen LogP contribution in [-0.2, 0) is 5.41 Å². The van der Waals surface area contributed by atoms with Gasteiger partial charge in [-0.3, -0.25) is 0 Å². The third-order valence-electron chi connectivity index (χ3n) is 3.44. The number of aliphatic hydroxyl groups excluding tert-OH is 1. The van der Waals surface area contributed by atoms with Crippen LogP contribution in [0, 0.1) is 0 Å². The smallest absolute Gasteiger partial charge is 0.135 e. The lowest BCUT2D eigenvalue weighted by atomic mass is 9.95. The zero-order chi connectivity index (χ0) is 13.2. The zero-order valence-electron chi connectivity index (χ0n) is 11.6. The van der Waals surface area contributed by atoms with Crippen molar-refractivity contribution in [1.29, 1.82) is 0 Å². The van der Waals surface area contributed by atoms with Crippen LogP contribution in [-0.4, -0.2) is 34.3 Å². The van der Waals surface area contributed by atoms with Crippen LogP contribution in [0.1, 0.15) is 45.9 Å². The lowest BCUT2D eigenvalue weighted by molar-refractivity contribution is 0.239. The van der Waals surface area contributed by atoms with Gasteiger partial charge in [-0.05, 0) is 25.3 Å². The van der Waals surface area contributed by atoms with Crippen LogP contribution in [0.3, 0.4) is 0 Å². The summed E-state index contributed by atoms with van der Waals surface area (Å²) in [5.41, 5.74) is -0.0412. The van der Waals surface area contributed by atoms with Crippen molar-refractivity contribution in [1.82, 2.24) is 9.97 Å². The van der Waals surface area contributed by atoms with E-state index in [2.05, 4.69) is 35.6 Å². The van der Waals surface area contributed by atoms with Gasteiger partial charge in [0.25, 0.3) is 0 Å². The summed E-state index contributed by atoms with van der Waals surface area (Å²) in [5, 5.41) is 9.47. The molecule has 0 unspecified atom stereocenters. The summed E-state index contributed by atoms with van der Waals surface area (Å²) in [4.78, 5) is 11.2. The quantitative estimate of drug-likeness (QED) is 0.872. The summed E-state index contributed by atoms with van der Waals surface area (Å²) in [7, 11) is 0. The molecule has 18 heavy (non-hydrogen) atoms. The SMILES string of the molecule is CC(C)(C)c1nccc(N2CCCC[C@@H]2CO)n1. The molecule has 2 rings (SSSR count). The largest absolute Gasteiger partial charge is 0.394 e. The summed E-state index contributed by atoms with van der Waals surface area (Å²) in [6, 6.07) is 2.16. The molecule has 1 aliphatic heterocycles. The van der Waals surface area contributed by atoms with E-state index < -0.39 is 0 Å². The summed E-state index contributed by atoms with van der Waals surface area (Å²) in [6.45, 7) is 7.53. The van der Waals surface area contributed by atoms with E-state index in [9.17, 15) is 5.11 Å². The Balaban J connectivity index is 2.27. The average Bonchev–Trinajstić information content (AvgIpc) is 2.38. The molecule has 1 atom stereocenters. The maximum atomic E-state index is 9.47. The highest BCUT2D eigenvalue weighted by Crippen LogP contribution is 2.25. The number of anilines is 1. The van der Waals surface area contributed by atoms with E-state index in [4.69, 9.17) is 0 Å². The molecule has 0 bridgehead atoms. The fourth-order valence-electron chi connectivity index (χ4n) is 2.36. The van der Waals surface area contributed by atoms with Crippen LogP contribution >= 0.6 is 0 Å². The van der Waals surface area contributed by atoms with Crippen molar-refractivity contribution < 1.29 is 5.11 Å². The van der Waals surface area contributed by atoms with Crippen molar-refractivity contribution in [2.24, 2.45) is 0 Å². The van der Waals surface area contributed by atoms with Crippen LogP contribution < -0.4 is 4.90 Å². The molecule has 0 amide bonds. The Morgan fingerprint density at radius 3 is 2.83 bits per heavy atom. The lowest BCUT2D eigenvalue weighted by Crippen LogP contribution is -2.42. The number of piperidine rings is 1. The third-order valence-corrected chi connectivity index (χ3v) is 3.44. The number of aliphatic hydroxyl groups is 1. The molecule has 1 aliphatic rings. The average molecular weight is 249 g/mol. The molecular weight excluding hydrogens is 226 g/mol. The highest BCUT2D eigenvalue weighted by atomic mass is 16.3. The van der Waals surface area contributed by atoms with Crippen molar-refractivity contribution >= 4 is 5.82 Å². The number of hydrogen-bond donors (Lipinski definition) is 1. The van der Waals surface area contributed by atoms with Gasteiger partial charge in [0, 0.05) is 18.2 Å². The van der Waals surface area contributed by atoms with Gasteiger partial charge in [0.1, 0.15) is 11.6 Å². The third kappa shape index (κ3) is 2.80. The molecule has 1 aromatic rings. The van der Waals surface area contributed by atoms with Crippen LogP contribution in [0.5, 0.6) is 0 Å². The van der Waals surface area contributed by atoms with Crippen molar-refractivity contribution in [3.05, 3.63) is 18.1 Å². The first kappa shape index (κ1) is 13.3. The van der Waals surface area contributed by atoms with Crippen LogP contribution in [0.15, 0.2) is 12.3 Å². The molecule has 1 fully saturated rings. The fourth-order valence-corrected chi connectivity index (χ4v) is 2.36. The lowest BCUT2D eigenvalue weighted by Gasteiger charge is -2.36. The van der Waals surface area contributed by atoms with E-state index in [0.29, 0.717) is 0 Å². The minimum Gasteiger partial charge on any atom is -0.394 e. The number of aromatic nitrogens is 2. The van der Waals surface area contributed by atoms with Gasteiger partial charge in [-0.15, -0.1) is 0 Å². The van der Waals surface area contributed by atoms with Gasteiger partial charge in [-0.2, -0.15) is 0 Å². The number of nitrogens with zero attached hydrogens (tertiary/aromatic N) is 3. The topological polar surface area (TPSA) is 49.2 Å². The minimum absolute atomic E-state index is 0.0412. The number of hydrogen-bond acceptors (Lipinski definition) is 4. The minimum atomic E-state index is -0.0412. The van der Waals surface area contributed by atoms with E-state index in [1.165, 1.54) is 12.8 Å². The van der Waals surface area contributed by atoms with Gasteiger partial charge in [0.2, 0.25) is 0 Å². The van der Waals surface area contributed by atoms with E-state index in [0.717, 1.165) is 24.6 Å². The summed E-state index contributed by atoms with van der Waals surface area (Å²) < 4.78 is 0. The molecular formula is C14H23N3O. The van der Waals surface area contributed by atoms with E-state index in [-0.39, 0.29) is 18.1 Å². The van der Waals surface area contributed by atoms with Crippen LogP contribution in [0.25, 0.3) is 0 Å². The second kappa shape index (κ2) is 5.22. The van der Waals surface area contributed by atoms with Crippen molar-refractivity contribution in [2.75, 3.05) is 18.1 Å². The molecule has 0 aromatic carbocycles. The molecule has 1 N–H and O–H groups in total. The van der Waals surface area contributed by atoms with Crippen molar-refractivity contribution in [3.63, 3.8) is 0 Å². The Kier molecular flexibility index (Phi) is 3.85. The normalized spacial score (nSPS) is 21.1. The molecule has 1 aromatic heterocycles. The van der Waals surface area contributed by atoms with Gasteiger partial charge in [-0.25, -0.2) is 9.97 Å². The van der Waals surface area contributed by atoms with Gasteiger partial charge in [0.15, 0.2) is 0 Å². The number of rotatable bonds is 2. The summed E-state index contributed by atoms with van der Waals surface area (Å²) in [5.74, 6) is 1.82. The highest BCUT2D eigenvalue weighted by Gasteiger charge is 2.24. The Hall–Kier alpha value is -1.16. The maximum absolute atomic E-state index is 9.47. The zero-order valence-corrected chi connectivity index (χ0v) is 11.6. The molecule has 4 nitrogen and oxygen atoms in total. The Labute approximate surface area is 109 Å². The summed E-state index contributed by atoms with van der Waals surface area (Å²) >= 11 is 0. The first-order valence-corrected chi connectivity index (χ1v) is 6.73. The maximum Gasteiger partial charge on any atom is 0.135 e. The van der Waals surface area contributed by atoms with Crippen molar-refractivity contribution in [2.45, 2.75) is 51.5 Å². The molecule has 0 saturated carbocycles. The Bertz CT molecular complexity index is 400.